The minimum Gasteiger partial charge on any atom is -0.339 e. The summed E-state index contributed by atoms with van der Waals surface area (Å²) in [6, 6.07) is 9.79. The molecule has 0 unspecified atom stereocenters. The molecule has 33 heavy (non-hydrogen) atoms. The Morgan fingerprint density at radius 1 is 1.24 bits per heavy atom. The van der Waals surface area contributed by atoms with E-state index in [1.165, 1.54) is 15.4 Å². The molecule has 2 aliphatic rings. The number of piperidine rings is 1. The van der Waals surface area contributed by atoms with E-state index in [9.17, 15) is 13.2 Å². The monoisotopic (exact) mass is 486 g/mol. The van der Waals surface area contributed by atoms with Gasteiger partial charge in [-0.05, 0) is 36.5 Å². The Balaban J connectivity index is 1.30. The zero-order valence-corrected chi connectivity index (χ0v) is 20.1. The quantitative estimate of drug-likeness (QED) is 0.549. The summed E-state index contributed by atoms with van der Waals surface area (Å²) in [6.45, 7) is 3.82. The van der Waals surface area contributed by atoms with Crippen molar-refractivity contribution in [2.24, 2.45) is 5.92 Å². The van der Waals surface area contributed by atoms with Crippen molar-refractivity contribution in [3.8, 4) is 11.4 Å². The third kappa shape index (κ3) is 4.34. The maximum absolute atomic E-state index is 13.3. The summed E-state index contributed by atoms with van der Waals surface area (Å²) in [6.07, 6.45) is 2.84. The lowest BCUT2D eigenvalue weighted by atomic mass is 9.95. The highest BCUT2D eigenvalue weighted by molar-refractivity contribution is 7.91. The van der Waals surface area contributed by atoms with Gasteiger partial charge >= 0.3 is 0 Å². The molecule has 0 bridgehead atoms. The topological polar surface area (TPSA) is 96.6 Å². The lowest BCUT2D eigenvalue weighted by Gasteiger charge is -2.36. The number of benzene rings is 1. The van der Waals surface area contributed by atoms with Crippen molar-refractivity contribution in [3.63, 3.8) is 0 Å². The molecule has 1 amide bonds. The lowest BCUT2D eigenvalue weighted by molar-refractivity contribution is -0.137. The van der Waals surface area contributed by atoms with Crippen LogP contribution in [-0.4, -0.2) is 53.3 Å². The van der Waals surface area contributed by atoms with Gasteiger partial charge in [-0.3, -0.25) is 4.79 Å². The predicted molar refractivity (Wildman–Crippen MR) is 124 cm³/mol. The predicted octanol–water partition coefficient (Wildman–Crippen LogP) is 3.35. The first-order chi connectivity index (χ1) is 16.0. The Morgan fingerprint density at radius 2 is 2.06 bits per heavy atom. The second kappa shape index (κ2) is 9.00. The fourth-order valence-electron chi connectivity index (χ4n) is 4.52. The lowest BCUT2D eigenvalue weighted by Crippen LogP contribution is -2.47. The van der Waals surface area contributed by atoms with Gasteiger partial charge in [-0.15, -0.1) is 11.3 Å². The number of amides is 1. The number of aryl methyl sites for hydroxylation is 1. The summed E-state index contributed by atoms with van der Waals surface area (Å²) in [7, 11) is -3.70. The van der Waals surface area contributed by atoms with Crippen LogP contribution in [0.4, 0.5) is 0 Å². The van der Waals surface area contributed by atoms with E-state index in [0.717, 1.165) is 17.8 Å². The largest absolute Gasteiger partial charge is 0.339 e. The highest BCUT2D eigenvalue weighted by Gasteiger charge is 2.36. The average molecular weight is 487 g/mol. The summed E-state index contributed by atoms with van der Waals surface area (Å²) in [4.78, 5) is 19.4. The molecular formula is C23H26N4O4S2. The number of hydrogen-bond acceptors (Lipinski definition) is 7. The van der Waals surface area contributed by atoms with Crippen molar-refractivity contribution in [2.75, 3.05) is 19.6 Å². The SMILES string of the molecule is CCc1nc(-c2csc(S(=O)(=O)N3CCC[C@H](C(=O)N4CCc5ccccc5C4)C3)c2)no1. The Labute approximate surface area is 197 Å². The number of rotatable bonds is 5. The molecule has 8 nitrogen and oxygen atoms in total. The van der Waals surface area contributed by atoms with E-state index in [1.807, 2.05) is 24.0 Å². The van der Waals surface area contributed by atoms with Gasteiger partial charge in [0.1, 0.15) is 4.21 Å². The van der Waals surface area contributed by atoms with Crippen LogP contribution in [0.15, 0.2) is 44.4 Å². The number of carbonyl (C=O) groups is 1. The van der Waals surface area contributed by atoms with Crippen molar-refractivity contribution in [1.29, 1.82) is 0 Å². The second-order valence-electron chi connectivity index (χ2n) is 8.50. The molecule has 0 aliphatic carbocycles. The van der Waals surface area contributed by atoms with Gasteiger partial charge in [0, 0.05) is 43.5 Å². The molecule has 2 aromatic heterocycles. The highest BCUT2D eigenvalue weighted by atomic mass is 32.2. The van der Waals surface area contributed by atoms with Crippen molar-refractivity contribution in [2.45, 2.75) is 43.4 Å². The molecule has 1 saturated heterocycles. The van der Waals surface area contributed by atoms with E-state index in [0.29, 0.717) is 56.2 Å². The van der Waals surface area contributed by atoms with E-state index in [1.54, 1.807) is 11.4 Å². The van der Waals surface area contributed by atoms with Gasteiger partial charge in [-0.2, -0.15) is 9.29 Å². The molecular weight excluding hydrogens is 460 g/mol. The molecule has 1 atom stereocenters. The molecule has 0 radical (unpaired) electrons. The van der Waals surface area contributed by atoms with Crippen LogP contribution in [0.2, 0.25) is 0 Å². The fourth-order valence-corrected chi connectivity index (χ4v) is 7.35. The maximum Gasteiger partial charge on any atom is 0.252 e. The van der Waals surface area contributed by atoms with Gasteiger partial charge in [0.25, 0.3) is 10.0 Å². The number of sulfonamides is 1. The summed E-state index contributed by atoms with van der Waals surface area (Å²) < 4.78 is 33.5. The molecule has 0 N–H and O–H groups in total. The normalized spacial score (nSPS) is 19.4. The van der Waals surface area contributed by atoms with Crippen LogP contribution < -0.4 is 0 Å². The molecule has 3 aromatic rings. The fraction of sp³-hybridized carbons (Fsp3) is 0.435. The summed E-state index contributed by atoms with van der Waals surface area (Å²) in [5, 5.41) is 5.66. The van der Waals surface area contributed by atoms with Gasteiger partial charge in [-0.25, -0.2) is 8.42 Å². The number of hydrogen-bond donors (Lipinski definition) is 0. The van der Waals surface area contributed by atoms with Crippen molar-refractivity contribution < 1.29 is 17.7 Å². The molecule has 1 aromatic carbocycles. The van der Waals surface area contributed by atoms with Gasteiger partial charge in [0.05, 0.1) is 5.92 Å². The minimum atomic E-state index is -3.70. The zero-order chi connectivity index (χ0) is 23.0. The van der Waals surface area contributed by atoms with E-state index < -0.39 is 10.0 Å². The third-order valence-electron chi connectivity index (χ3n) is 6.37. The minimum absolute atomic E-state index is 0.0511. The van der Waals surface area contributed by atoms with Crippen LogP contribution in [0, 0.1) is 5.92 Å². The summed E-state index contributed by atoms with van der Waals surface area (Å²) >= 11 is 1.15. The zero-order valence-electron chi connectivity index (χ0n) is 18.4. The number of aromatic nitrogens is 2. The van der Waals surface area contributed by atoms with Crippen LogP contribution in [0.5, 0.6) is 0 Å². The molecule has 0 spiro atoms. The smallest absolute Gasteiger partial charge is 0.252 e. The Hall–Kier alpha value is -2.56. The Kier molecular flexibility index (Phi) is 6.07. The third-order valence-corrected chi connectivity index (χ3v) is 9.65. The van der Waals surface area contributed by atoms with Crippen molar-refractivity contribution >= 4 is 27.3 Å². The molecule has 0 saturated carbocycles. The van der Waals surface area contributed by atoms with Gasteiger partial charge in [0.2, 0.25) is 17.6 Å². The van der Waals surface area contributed by atoms with Crippen LogP contribution in [0.1, 0.15) is 36.8 Å². The van der Waals surface area contributed by atoms with Gasteiger partial charge in [0.15, 0.2) is 0 Å². The first kappa shape index (κ1) is 22.2. The second-order valence-corrected chi connectivity index (χ2v) is 11.6. The molecule has 1 fully saturated rings. The van der Waals surface area contributed by atoms with Crippen LogP contribution >= 0.6 is 11.3 Å². The van der Waals surface area contributed by atoms with E-state index in [4.69, 9.17) is 4.52 Å². The highest BCUT2D eigenvalue weighted by Crippen LogP contribution is 2.32. The van der Waals surface area contributed by atoms with E-state index >= 15 is 0 Å². The number of carbonyl (C=O) groups excluding carboxylic acids is 1. The molecule has 10 heteroatoms. The maximum atomic E-state index is 13.3. The summed E-state index contributed by atoms with van der Waals surface area (Å²) in [5.74, 6) is 0.637. The Morgan fingerprint density at radius 3 is 2.85 bits per heavy atom. The molecule has 4 heterocycles. The standard InChI is InChI=1S/C23H26N4O4S2/c1-2-20-24-22(25-31-20)19-12-21(32-15-19)33(29,30)27-10-5-8-18(14-27)23(28)26-11-9-16-6-3-4-7-17(16)13-26/h3-4,6-7,12,15,18H,2,5,8-11,13-14H2,1H3/t18-/m0/s1. The first-order valence-electron chi connectivity index (χ1n) is 11.2. The van der Waals surface area contributed by atoms with Crippen LogP contribution in [0.3, 0.4) is 0 Å². The van der Waals surface area contributed by atoms with Crippen LogP contribution in [-0.2, 0) is 34.2 Å². The summed E-state index contributed by atoms with van der Waals surface area (Å²) in [5.41, 5.74) is 3.09. The Bertz CT molecular complexity index is 1270. The molecule has 174 valence electrons. The number of nitrogens with zero attached hydrogens (tertiary/aromatic N) is 4. The van der Waals surface area contributed by atoms with Crippen LogP contribution in [0.25, 0.3) is 11.4 Å². The molecule has 2 aliphatic heterocycles. The van der Waals surface area contributed by atoms with E-state index in [-0.39, 0.29) is 22.6 Å². The van der Waals surface area contributed by atoms with E-state index in [2.05, 4.69) is 22.3 Å². The number of fused-ring (bicyclic) bond motifs is 1. The van der Waals surface area contributed by atoms with Crippen molar-refractivity contribution in [1.82, 2.24) is 19.3 Å². The molecule has 5 rings (SSSR count). The van der Waals surface area contributed by atoms with Crippen molar-refractivity contribution in [3.05, 3.63) is 52.7 Å². The van der Waals surface area contributed by atoms with Gasteiger partial charge in [-0.1, -0.05) is 36.3 Å². The number of thiophene rings is 1. The van der Waals surface area contributed by atoms with Gasteiger partial charge < -0.3 is 9.42 Å². The average Bonchev–Trinajstić information content (AvgIpc) is 3.53. The first-order valence-corrected chi connectivity index (χ1v) is 13.5.